The van der Waals surface area contributed by atoms with Crippen molar-refractivity contribution in [2.45, 2.75) is 98.1 Å². The van der Waals surface area contributed by atoms with E-state index in [0.717, 1.165) is 5.56 Å². The molecule has 0 aliphatic carbocycles. The summed E-state index contributed by atoms with van der Waals surface area (Å²) < 4.78 is 17.8. The van der Waals surface area contributed by atoms with Gasteiger partial charge in [0, 0.05) is 37.5 Å². The van der Waals surface area contributed by atoms with Gasteiger partial charge in [0.15, 0.2) is 5.60 Å². The van der Waals surface area contributed by atoms with Crippen molar-refractivity contribution in [3.63, 3.8) is 0 Å². The number of alkyl carbamates (subject to hydrolysis) is 1. The molecular weight excluding hydrogens is 524 g/mol. The average molecular weight is 573 g/mol. The average Bonchev–Trinajstić information content (AvgIpc) is 3.25. The monoisotopic (exact) mass is 572 g/mol. The summed E-state index contributed by atoms with van der Waals surface area (Å²) in [4.78, 5) is 54.1. The minimum atomic E-state index is -1.34. The van der Waals surface area contributed by atoms with Gasteiger partial charge in [-0.1, -0.05) is 65.0 Å². The van der Waals surface area contributed by atoms with E-state index in [1.807, 2.05) is 65.0 Å². The Morgan fingerprint density at radius 2 is 1.63 bits per heavy atom. The lowest BCUT2D eigenvalue weighted by atomic mass is 9.62. The molecule has 0 radical (unpaired) electrons. The molecule has 3 rings (SSSR count). The van der Waals surface area contributed by atoms with Crippen molar-refractivity contribution in [1.29, 1.82) is 0 Å². The number of benzene rings is 1. The lowest BCUT2D eigenvalue weighted by Crippen LogP contribution is -2.60. The number of cyclic esters (lactones) is 1. The van der Waals surface area contributed by atoms with Crippen LogP contribution < -0.4 is 10.6 Å². The molecule has 9 nitrogen and oxygen atoms in total. The van der Waals surface area contributed by atoms with Crippen molar-refractivity contribution in [3.05, 3.63) is 35.9 Å². The molecule has 2 saturated heterocycles. The van der Waals surface area contributed by atoms with Gasteiger partial charge in [-0.05, 0) is 39.2 Å². The number of fused-ring (bicyclic) bond motifs is 1. The molecule has 0 saturated carbocycles. The topological polar surface area (TPSA) is 120 Å². The van der Waals surface area contributed by atoms with E-state index < -0.39 is 64.5 Å². The summed E-state index contributed by atoms with van der Waals surface area (Å²) in [5, 5.41) is 6.27. The summed E-state index contributed by atoms with van der Waals surface area (Å²) in [6.07, 6.45) is -0.878. The van der Waals surface area contributed by atoms with Crippen LogP contribution in [0.3, 0.4) is 0 Å². The van der Waals surface area contributed by atoms with E-state index in [-0.39, 0.29) is 18.1 Å². The second kappa shape index (κ2) is 12.6. The van der Waals surface area contributed by atoms with Crippen molar-refractivity contribution < 1.29 is 33.4 Å². The Morgan fingerprint density at radius 1 is 1.00 bits per heavy atom. The van der Waals surface area contributed by atoms with E-state index in [1.54, 1.807) is 27.9 Å². The summed E-state index contributed by atoms with van der Waals surface area (Å²) in [5.74, 6) is -3.79. The fraction of sp³-hybridized carbons (Fsp3) is 0.688. The maximum Gasteiger partial charge on any atom is 0.408 e. The first kappa shape index (κ1) is 32.7. The van der Waals surface area contributed by atoms with Crippen LogP contribution in [0.5, 0.6) is 0 Å². The molecule has 2 fully saturated rings. The summed E-state index contributed by atoms with van der Waals surface area (Å²) in [6, 6.07) is 9.07. The number of ketones is 2. The van der Waals surface area contributed by atoms with Crippen LogP contribution in [0, 0.1) is 29.1 Å². The number of carbonyl (C=O) groups is 4. The van der Waals surface area contributed by atoms with Crippen LogP contribution in [0.15, 0.2) is 30.3 Å². The molecular formula is C32H48N2O7. The highest BCUT2D eigenvalue weighted by Gasteiger charge is 2.58. The molecule has 2 aliphatic rings. The summed E-state index contributed by atoms with van der Waals surface area (Å²) >= 11 is 0. The van der Waals surface area contributed by atoms with E-state index in [0.29, 0.717) is 19.4 Å². The van der Waals surface area contributed by atoms with Crippen molar-refractivity contribution in [2.75, 3.05) is 13.7 Å². The van der Waals surface area contributed by atoms with E-state index in [9.17, 15) is 19.2 Å². The fourth-order valence-electron chi connectivity index (χ4n) is 6.49. The zero-order valence-electron chi connectivity index (χ0n) is 26.0. The Hall–Kier alpha value is -2.78. The van der Waals surface area contributed by atoms with Gasteiger partial charge in [-0.15, -0.1) is 0 Å². The highest BCUT2D eigenvalue weighted by Crippen LogP contribution is 2.46. The Balaban J connectivity index is 2.09. The standard InChI is InChI=1S/C32H48N2O7/c1-10-24-32(8)27(34-29(38)41-32)23(18-33-17-22-14-12-11-13-15-22)25(35)19(2)16-31(7,39-9)30(5,6)21(4)26(36)20(3)28(37)40-24/h11-15,19-21,23-24,27,33H,10,16-18H2,1-9H3,(H,34,38)/t19-,20-,21+,23+,24-,27-,31-,32-/m1/s1. The van der Waals surface area contributed by atoms with Crippen molar-refractivity contribution >= 4 is 23.6 Å². The van der Waals surface area contributed by atoms with Crippen LogP contribution in [-0.4, -0.2) is 60.6 Å². The lowest BCUT2D eigenvalue weighted by molar-refractivity contribution is -0.174. The molecule has 1 aromatic carbocycles. The number of hydrogen-bond acceptors (Lipinski definition) is 8. The minimum Gasteiger partial charge on any atom is -0.458 e. The molecule has 228 valence electrons. The molecule has 2 heterocycles. The number of Topliss-reactive ketones (excluding diaryl/α,β-unsaturated/α-hetero) is 2. The van der Waals surface area contributed by atoms with Gasteiger partial charge in [-0.25, -0.2) is 4.79 Å². The highest BCUT2D eigenvalue weighted by molar-refractivity contribution is 6.00. The largest absolute Gasteiger partial charge is 0.458 e. The van der Waals surface area contributed by atoms with Crippen molar-refractivity contribution in [1.82, 2.24) is 10.6 Å². The maximum absolute atomic E-state index is 14.3. The zero-order valence-corrected chi connectivity index (χ0v) is 26.0. The van der Waals surface area contributed by atoms with E-state index in [1.165, 1.54) is 0 Å². The van der Waals surface area contributed by atoms with E-state index in [2.05, 4.69) is 10.6 Å². The Morgan fingerprint density at radius 3 is 2.22 bits per heavy atom. The first-order chi connectivity index (χ1) is 19.1. The van der Waals surface area contributed by atoms with Crippen LogP contribution >= 0.6 is 0 Å². The highest BCUT2D eigenvalue weighted by atomic mass is 16.6. The number of rotatable bonds is 6. The number of carbonyl (C=O) groups excluding carboxylic acids is 4. The quantitative estimate of drug-likeness (QED) is 0.379. The Kier molecular flexibility index (Phi) is 10.1. The predicted molar refractivity (Wildman–Crippen MR) is 155 cm³/mol. The van der Waals surface area contributed by atoms with Crippen LogP contribution in [0.25, 0.3) is 0 Å². The lowest BCUT2D eigenvalue weighted by Gasteiger charge is -2.48. The summed E-state index contributed by atoms with van der Waals surface area (Å²) in [5.41, 5.74) is -1.88. The molecule has 1 aromatic rings. The molecule has 0 bridgehead atoms. The van der Waals surface area contributed by atoms with Crippen LogP contribution in [0.1, 0.15) is 73.8 Å². The normalized spacial score (nSPS) is 36.5. The Labute approximate surface area is 244 Å². The molecule has 1 amide bonds. The molecule has 8 atom stereocenters. The third-order valence-corrected chi connectivity index (χ3v) is 10.1. The SMILES string of the molecule is CC[C@H]1OC(=O)[C@H](C)C(=O)[C@H](C)C(C)(C)[C@](C)(OC)C[C@@H](C)C(=O)[C@H](CNCc2ccccc2)[C@H]2NC(=O)O[C@@]21C. The van der Waals surface area contributed by atoms with Gasteiger partial charge >= 0.3 is 12.1 Å². The van der Waals surface area contributed by atoms with Crippen LogP contribution in [-0.2, 0) is 35.1 Å². The third-order valence-electron chi connectivity index (χ3n) is 10.1. The molecule has 2 aliphatic heterocycles. The number of nitrogens with one attached hydrogen (secondary N) is 2. The number of amides is 1. The predicted octanol–water partition coefficient (Wildman–Crippen LogP) is 4.46. The van der Waals surface area contributed by atoms with Gasteiger partial charge in [0.25, 0.3) is 0 Å². The number of methoxy groups -OCH3 is 1. The second-order valence-electron chi connectivity index (χ2n) is 12.8. The molecule has 0 unspecified atom stereocenters. The molecule has 0 spiro atoms. The van der Waals surface area contributed by atoms with Gasteiger partial charge in [0.05, 0.1) is 17.6 Å². The molecule has 2 N–H and O–H groups in total. The van der Waals surface area contributed by atoms with Crippen LogP contribution in [0.2, 0.25) is 0 Å². The first-order valence-electron chi connectivity index (χ1n) is 14.7. The van der Waals surface area contributed by atoms with Crippen molar-refractivity contribution in [3.8, 4) is 0 Å². The van der Waals surface area contributed by atoms with Gasteiger partial charge in [0.1, 0.15) is 23.6 Å². The molecule has 0 aromatic heterocycles. The summed E-state index contributed by atoms with van der Waals surface area (Å²) in [7, 11) is 1.59. The van der Waals surface area contributed by atoms with Crippen LogP contribution in [0.4, 0.5) is 4.79 Å². The zero-order chi connectivity index (χ0) is 30.8. The minimum absolute atomic E-state index is 0.0720. The number of hydrogen-bond donors (Lipinski definition) is 2. The number of esters is 1. The smallest absolute Gasteiger partial charge is 0.408 e. The second-order valence-corrected chi connectivity index (χ2v) is 12.8. The van der Waals surface area contributed by atoms with Gasteiger partial charge in [-0.2, -0.15) is 0 Å². The first-order valence-corrected chi connectivity index (χ1v) is 14.7. The van der Waals surface area contributed by atoms with E-state index in [4.69, 9.17) is 14.2 Å². The Bertz CT molecular complexity index is 1120. The molecule has 9 heteroatoms. The van der Waals surface area contributed by atoms with E-state index >= 15 is 0 Å². The maximum atomic E-state index is 14.3. The van der Waals surface area contributed by atoms with Gasteiger partial charge < -0.3 is 24.8 Å². The third kappa shape index (κ3) is 6.36. The molecule has 41 heavy (non-hydrogen) atoms. The van der Waals surface area contributed by atoms with Crippen molar-refractivity contribution in [2.24, 2.45) is 29.1 Å². The fourth-order valence-corrected chi connectivity index (χ4v) is 6.49. The van der Waals surface area contributed by atoms with Gasteiger partial charge in [0.2, 0.25) is 0 Å². The van der Waals surface area contributed by atoms with Gasteiger partial charge in [-0.3, -0.25) is 14.4 Å². The summed E-state index contributed by atoms with van der Waals surface area (Å²) in [6.45, 7) is 15.3. The number of ether oxygens (including phenoxy) is 3.